The minimum atomic E-state index is -0.0491. The maximum absolute atomic E-state index is 12.5. The number of hydrogen-bond donors (Lipinski definition) is 3. The number of amidine groups is 1. The topological polar surface area (TPSA) is 69.9 Å². The van der Waals surface area contributed by atoms with Crippen molar-refractivity contribution < 1.29 is 9.21 Å². The Balaban J connectivity index is 0.000000286. The zero-order valence-corrected chi connectivity index (χ0v) is 20.8. The first-order valence-electron chi connectivity index (χ1n) is 10.4. The monoisotopic (exact) mass is 504 g/mol. The number of benzene rings is 2. The van der Waals surface area contributed by atoms with Crippen molar-refractivity contribution in [1.82, 2.24) is 15.5 Å². The molecule has 0 spiro atoms. The third kappa shape index (κ3) is 7.01. The highest BCUT2D eigenvalue weighted by molar-refractivity contribution is 7.80. The number of amides is 1. The van der Waals surface area contributed by atoms with Crippen LogP contribution < -0.4 is 10.6 Å². The Morgan fingerprint density at radius 1 is 1.21 bits per heavy atom. The second-order valence-corrected chi connectivity index (χ2v) is 8.68. The summed E-state index contributed by atoms with van der Waals surface area (Å²) in [5.41, 5.74) is 2.73. The van der Waals surface area contributed by atoms with E-state index in [1.54, 1.807) is 36.2 Å². The van der Waals surface area contributed by atoms with Crippen LogP contribution in [-0.2, 0) is 13.1 Å². The summed E-state index contributed by atoms with van der Waals surface area (Å²) >= 11 is 15.4. The second kappa shape index (κ2) is 12.1. The lowest BCUT2D eigenvalue weighted by atomic mass is 10.1. The molecule has 0 fully saturated rings. The van der Waals surface area contributed by atoms with Gasteiger partial charge in [-0.25, -0.2) is 0 Å². The Labute approximate surface area is 209 Å². The summed E-state index contributed by atoms with van der Waals surface area (Å²) in [7, 11) is 3.63. The summed E-state index contributed by atoms with van der Waals surface area (Å²) in [5, 5.41) is 7.43. The minimum absolute atomic E-state index is 0.0491. The maximum atomic E-state index is 12.5. The van der Waals surface area contributed by atoms with Crippen LogP contribution in [0, 0.1) is 0 Å². The molecule has 2 heterocycles. The highest BCUT2D eigenvalue weighted by Gasteiger charge is 2.15. The van der Waals surface area contributed by atoms with E-state index in [1.165, 1.54) is 6.26 Å². The molecule has 33 heavy (non-hydrogen) atoms. The van der Waals surface area contributed by atoms with E-state index in [2.05, 4.69) is 28.3 Å². The molecule has 0 bridgehead atoms. The van der Waals surface area contributed by atoms with E-state index in [0.717, 1.165) is 35.8 Å². The molecule has 6 nitrogen and oxygen atoms in total. The van der Waals surface area contributed by atoms with E-state index in [1.807, 2.05) is 31.3 Å². The molecule has 3 aromatic rings. The lowest BCUT2D eigenvalue weighted by Crippen LogP contribution is -2.26. The first-order valence-corrected chi connectivity index (χ1v) is 11.6. The average Bonchev–Trinajstić information content (AvgIpc) is 3.51. The van der Waals surface area contributed by atoms with E-state index in [0.29, 0.717) is 33.6 Å². The third-order valence-electron chi connectivity index (χ3n) is 4.86. The van der Waals surface area contributed by atoms with Gasteiger partial charge in [-0.1, -0.05) is 53.5 Å². The summed E-state index contributed by atoms with van der Waals surface area (Å²) in [6.45, 7) is 2.88. The number of nitrogens with zero attached hydrogens (tertiary/aromatic N) is 2. The van der Waals surface area contributed by atoms with Gasteiger partial charge in [-0.15, -0.1) is 12.6 Å². The number of nitrogens with one attached hydrogen (secondary N) is 2. The van der Waals surface area contributed by atoms with Gasteiger partial charge in [-0.05, 0) is 30.8 Å². The van der Waals surface area contributed by atoms with Crippen LogP contribution in [0.5, 0.6) is 0 Å². The van der Waals surface area contributed by atoms with Crippen LogP contribution in [0.15, 0.2) is 69.1 Å². The zero-order chi connectivity index (χ0) is 23.8. The molecule has 0 unspecified atom stereocenters. The molecule has 0 radical (unpaired) electrons. The Bertz CT molecular complexity index is 1100. The molecule has 0 saturated carbocycles. The van der Waals surface area contributed by atoms with Crippen LogP contribution in [0.3, 0.4) is 0 Å². The smallest absolute Gasteiger partial charge is 0.257 e. The summed E-state index contributed by atoms with van der Waals surface area (Å²) in [5.74, 6) is 1.65. The fraction of sp³-hybridized carbons (Fsp3) is 0.250. The highest BCUT2D eigenvalue weighted by Crippen LogP contribution is 2.26. The van der Waals surface area contributed by atoms with Gasteiger partial charge in [0.15, 0.2) is 0 Å². The van der Waals surface area contributed by atoms with Crippen molar-refractivity contribution in [2.45, 2.75) is 18.0 Å². The van der Waals surface area contributed by atoms with E-state index in [4.69, 9.17) is 27.6 Å². The number of aliphatic imine (C=N–C) groups is 1. The number of carbonyl (C=O) groups is 1. The molecule has 1 amide bonds. The van der Waals surface area contributed by atoms with E-state index in [9.17, 15) is 4.79 Å². The maximum Gasteiger partial charge on any atom is 0.257 e. The van der Waals surface area contributed by atoms with E-state index in [-0.39, 0.29) is 5.91 Å². The number of thiol groups is 1. The Morgan fingerprint density at radius 2 is 1.91 bits per heavy atom. The molecule has 1 aromatic heterocycles. The second-order valence-electron chi connectivity index (χ2n) is 7.42. The lowest BCUT2D eigenvalue weighted by Gasteiger charge is -2.16. The number of hydrogen-bond acceptors (Lipinski definition) is 6. The van der Waals surface area contributed by atoms with Crippen molar-refractivity contribution in [3.05, 3.63) is 87.3 Å². The fourth-order valence-corrected chi connectivity index (χ4v) is 3.72. The summed E-state index contributed by atoms with van der Waals surface area (Å²) in [6, 6.07) is 15.2. The van der Waals surface area contributed by atoms with Crippen LogP contribution in [0.2, 0.25) is 10.0 Å². The predicted molar refractivity (Wildman–Crippen MR) is 137 cm³/mol. The third-order valence-corrected chi connectivity index (χ3v) is 6.23. The van der Waals surface area contributed by atoms with Gasteiger partial charge in [0.1, 0.15) is 17.9 Å². The average molecular weight is 505 g/mol. The van der Waals surface area contributed by atoms with Crippen molar-refractivity contribution in [1.29, 1.82) is 0 Å². The first-order chi connectivity index (χ1) is 15.9. The van der Waals surface area contributed by atoms with Crippen molar-refractivity contribution in [3.8, 4) is 0 Å². The van der Waals surface area contributed by atoms with Gasteiger partial charge in [0.25, 0.3) is 5.91 Å². The summed E-state index contributed by atoms with van der Waals surface area (Å²) in [6.07, 6.45) is 1.51. The molecular weight excluding hydrogens is 479 g/mol. The van der Waals surface area contributed by atoms with Gasteiger partial charge in [0.05, 0.1) is 28.7 Å². The highest BCUT2D eigenvalue weighted by atomic mass is 35.5. The van der Waals surface area contributed by atoms with Gasteiger partial charge in [-0.3, -0.25) is 9.79 Å². The molecular formula is C24H26Cl2N4O2S. The number of furan rings is 1. The van der Waals surface area contributed by atoms with Crippen molar-refractivity contribution in [3.63, 3.8) is 0 Å². The zero-order valence-electron chi connectivity index (χ0n) is 18.4. The van der Waals surface area contributed by atoms with Crippen molar-refractivity contribution in [2.24, 2.45) is 4.99 Å². The normalized spacial score (nSPS) is 12.5. The van der Waals surface area contributed by atoms with E-state index < -0.39 is 0 Å². The molecule has 174 valence electrons. The van der Waals surface area contributed by atoms with Crippen molar-refractivity contribution in [2.75, 3.05) is 27.2 Å². The standard InChI is InChI=1S/C18H22N4O2.C6H4Cl2S/c1-19-10-16-9-15(12-24-16)18(23)22(2)11-13-3-5-14(6-4-13)17-20-7-8-21-17;7-4-2-1-3-5(8)6(4)9/h3-6,9,12,19H,7-8,10-11H2,1-2H3,(H,20,21);1-3,9H. The quantitative estimate of drug-likeness (QED) is 0.417. The molecule has 9 heteroatoms. The van der Waals surface area contributed by atoms with Crippen molar-refractivity contribution >= 4 is 47.6 Å². The Kier molecular flexibility index (Phi) is 9.26. The molecule has 0 saturated heterocycles. The largest absolute Gasteiger partial charge is 0.467 e. The number of halogens is 2. The summed E-state index contributed by atoms with van der Waals surface area (Å²) < 4.78 is 5.37. The van der Waals surface area contributed by atoms with E-state index >= 15 is 0 Å². The number of rotatable bonds is 6. The fourth-order valence-electron chi connectivity index (χ4n) is 3.17. The summed E-state index contributed by atoms with van der Waals surface area (Å²) in [4.78, 5) is 19.2. The van der Waals surface area contributed by atoms with Gasteiger partial charge in [-0.2, -0.15) is 0 Å². The SMILES string of the molecule is CNCc1cc(C(=O)N(C)Cc2ccc(C3=NCCN3)cc2)co1.Sc1c(Cl)cccc1Cl. The van der Waals surface area contributed by atoms with Gasteiger partial charge in [0.2, 0.25) is 0 Å². The predicted octanol–water partition coefficient (Wildman–Crippen LogP) is 4.90. The molecule has 1 aliphatic heterocycles. The van der Waals surface area contributed by atoms with Crippen LogP contribution in [0.25, 0.3) is 0 Å². The molecule has 2 aromatic carbocycles. The first kappa shape index (κ1) is 25.2. The molecule has 2 N–H and O–H groups in total. The Hall–Kier alpha value is -2.45. The van der Waals surface area contributed by atoms with Gasteiger partial charge in [0, 0.05) is 30.6 Å². The van der Waals surface area contributed by atoms with Crippen LogP contribution in [0.4, 0.5) is 0 Å². The number of carbonyl (C=O) groups excluding carboxylic acids is 1. The molecule has 4 rings (SSSR count). The van der Waals surface area contributed by atoms with Crippen LogP contribution >= 0.6 is 35.8 Å². The minimum Gasteiger partial charge on any atom is -0.467 e. The molecule has 0 atom stereocenters. The van der Waals surface area contributed by atoms with Crippen LogP contribution in [-0.4, -0.2) is 43.8 Å². The molecule has 0 aliphatic carbocycles. The molecule has 1 aliphatic rings. The Morgan fingerprint density at radius 3 is 2.48 bits per heavy atom. The van der Waals surface area contributed by atoms with Crippen LogP contribution in [0.1, 0.15) is 27.2 Å². The lowest BCUT2D eigenvalue weighted by molar-refractivity contribution is 0.0784. The van der Waals surface area contributed by atoms with Gasteiger partial charge >= 0.3 is 0 Å². The van der Waals surface area contributed by atoms with Gasteiger partial charge < -0.3 is 20.0 Å².